The lowest BCUT2D eigenvalue weighted by Crippen LogP contribution is -2.08. The van der Waals surface area contributed by atoms with Gasteiger partial charge < -0.3 is 0 Å². The second-order valence-electron chi connectivity index (χ2n) is 2.44. The molecule has 0 aromatic carbocycles. The third kappa shape index (κ3) is 1.34. The zero-order valence-corrected chi connectivity index (χ0v) is 6.28. The molecule has 2 heterocycles. The van der Waals surface area contributed by atoms with Gasteiger partial charge in [-0.2, -0.15) is 18.3 Å². The summed E-state index contributed by atoms with van der Waals surface area (Å²) in [6, 6.07) is 2.30. The quantitative estimate of drug-likeness (QED) is 0.628. The van der Waals surface area contributed by atoms with Crippen LogP contribution in [0.4, 0.5) is 13.2 Å². The van der Waals surface area contributed by atoms with Crippen molar-refractivity contribution in [1.82, 2.24) is 14.6 Å². The van der Waals surface area contributed by atoms with E-state index >= 15 is 0 Å². The summed E-state index contributed by atoms with van der Waals surface area (Å²) in [7, 11) is 0. The van der Waals surface area contributed by atoms with Gasteiger partial charge in [0.25, 0.3) is 0 Å². The molecule has 68 valence electrons. The highest BCUT2D eigenvalue weighted by molar-refractivity contribution is 5.36. The van der Waals surface area contributed by atoms with E-state index in [-0.39, 0.29) is 5.65 Å². The summed E-state index contributed by atoms with van der Waals surface area (Å²) < 4.78 is 37.7. The molecule has 2 rings (SSSR count). The molecular formula is C7H4F3N3. The maximum atomic E-state index is 12.1. The molecule has 2 aromatic rings. The molecule has 0 spiro atoms. The first-order valence-electron chi connectivity index (χ1n) is 3.45. The highest BCUT2D eigenvalue weighted by Gasteiger charge is 2.32. The van der Waals surface area contributed by atoms with Crippen LogP contribution in [0.15, 0.2) is 24.5 Å². The van der Waals surface area contributed by atoms with Crippen LogP contribution in [-0.4, -0.2) is 14.6 Å². The molecule has 0 N–H and O–H groups in total. The molecule has 0 aliphatic carbocycles. The van der Waals surface area contributed by atoms with Gasteiger partial charge >= 0.3 is 6.18 Å². The Labute approximate surface area is 70.8 Å². The third-order valence-electron chi connectivity index (χ3n) is 1.55. The summed E-state index contributed by atoms with van der Waals surface area (Å²) in [6.07, 6.45) is -1.78. The van der Waals surface area contributed by atoms with Crippen molar-refractivity contribution in [2.75, 3.05) is 0 Å². The van der Waals surface area contributed by atoms with Crippen molar-refractivity contribution in [1.29, 1.82) is 0 Å². The highest BCUT2D eigenvalue weighted by Crippen LogP contribution is 2.27. The lowest BCUT2D eigenvalue weighted by Gasteiger charge is -2.04. The number of halogens is 3. The first-order valence-corrected chi connectivity index (χ1v) is 3.45. The lowest BCUT2D eigenvalue weighted by molar-refractivity contribution is -0.141. The molecule has 0 aliphatic heterocycles. The molecule has 0 amide bonds. The van der Waals surface area contributed by atoms with Crippen molar-refractivity contribution in [3.63, 3.8) is 0 Å². The first kappa shape index (κ1) is 8.03. The molecule has 0 saturated carbocycles. The number of aromatic nitrogens is 3. The van der Waals surface area contributed by atoms with Crippen LogP contribution in [0, 0.1) is 0 Å². The topological polar surface area (TPSA) is 30.2 Å². The van der Waals surface area contributed by atoms with Gasteiger partial charge in [0, 0.05) is 12.3 Å². The number of alkyl halides is 3. The van der Waals surface area contributed by atoms with Crippen LogP contribution in [0.2, 0.25) is 0 Å². The van der Waals surface area contributed by atoms with Crippen molar-refractivity contribution < 1.29 is 13.2 Å². The molecule has 2 aromatic heterocycles. The minimum atomic E-state index is -4.40. The average Bonchev–Trinajstić information content (AvgIpc) is 2.47. The van der Waals surface area contributed by atoms with E-state index in [1.54, 1.807) is 0 Å². The van der Waals surface area contributed by atoms with Crippen LogP contribution in [0.1, 0.15) is 5.69 Å². The Hall–Kier alpha value is -1.59. The minimum absolute atomic E-state index is 0.190. The number of hydrogen-bond donors (Lipinski definition) is 0. The molecule has 0 saturated heterocycles. The van der Waals surface area contributed by atoms with E-state index in [1.807, 2.05) is 0 Å². The van der Waals surface area contributed by atoms with Crippen LogP contribution in [0.3, 0.4) is 0 Å². The zero-order valence-electron chi connectivity index (χ0n) is 6.28. The predicted molar refractivity (Wildman–Crippen MR) is 38.0 cm³/mol. The number of hydrogen-bond acceptors (Lipinski definition) is 2. The first-order chi connectivity index (χ1) is 6.07. The van der Waals surface area contributed by atoms with Crippen LogP contribution < -0.4 is 0 Å². The van der Waals surface area contributed by atoms with Gasteiger partial charge in [0.05, 0.1) is 6.20 Å². The van der Waals surface area contributed by atoms with Crippen LogP contribution >= 0.6 is 0 Å². The van der Waals surface area contributed by atoms with Gasteiger partial charge in [0.2, 0.25) is 0 Å². The lowest BCUT2D eigenvalue weighted by atomic mass is 10.4. The minimum Gasteiger partial charge on any atom is -0.224 e. The van der Waals surface area contributed by atoms with E-state index in [1.165, 1.54) is 23.0 Å². The third-order valence-corrected chi connectivity index (χ3v) is 1.55. The molecule has 13 heavy (non-hydrogen) atoms. The van der Waals surface area contributed by atoms with Gasteiger partial charge in [0.1, 0.15) is 5.69 Å². The largest absolute Gasteiger partial charge is 0.433 e. The SMILES string of the molecule is FC(F)(F)c1ccn2nccc2n1. The Morgan fingerprint density at radius 3 is 2.69 bits per heavy atom. The standard InChI is InChI=1S/C7H4F3N3/c8-7(9,10)5-2-4-13-6(12-5)1-3-11-13/h1-4H. The summed E-state index contributed by atoms with van der Waals surface area (Å²) in [5.41, 5.74) is -0.713. The number of nitrogens with zero attached hydrogens (tertiary/aromatic N) is 3. The van der Waals surface area contributed by atoms with Crippen LogP contribution in [-0.2, 0) is 6.18 Å². The number of rotatable bonds is 0. The van der Waals surface area contributed by atoms with Gasteiger partial charge in [-0.25, -0.2) is 9.50 Å². The fourth-order valence-corrected chi connectivity index (χ4v) is 0.970. The Kier molecular flexibility index (Phi) is 1.51. The highest BCUT2D eigenvalue weighted by atomic mass is 19.4. The molecule has 3 nitrogen and oxygen atoms in total. The fourth-order valence-electron chi connectivity index (χ4n) is 0.970. The molecule has 0 bridgehead atoms. The van der Waals surface area contributed by atoms with Gasteiger partial charge in [-0.05, 0) is 6.07 Å². The van der Waals surface area contributed by atoms with E-state index in [0.717, 1.165) is 6.07 Å². The molecule has 6 heteroatoms. The van der Waals surface area contributed by atoms with Gasteiger partial charge in [0.15, 0.2) is 5.65 Å². The monoisotopic (exact) mass is 187 g/mol. The van der Waals surface area contributed by atoms with Crippen molar-refractivity contribution >= 4 is 5.65 Å². The maximum Gasteiger partial charge on any atom is 0.433 e. The Morgan fingerprint density at radius 2 is 2.00 bits per heavy atom. The maximum absolute atomic E-state index is 12.1. The fraction of sp³-hybridized carbons (Fsp3) is 0.143. The van der Waals surface area contributed by atoms with Crippen molar-refractivity contribution in [2.45, 2.75) is 6.18 Å². The smallest absolute Gasteiger partial charge is 0.224 e. The van der Waals surface area contributed by atoms with E-state index in [4.69, 9.17) is 0 Å². The molecule has 0 unspecified atom stereocenters. The summed E-state index contributed by atoms with van der Waals surface area (Å²) in [4.78, 5) is 3.38. The summed E-state index contributed by atoms with van der Waals surface area (Å²) in [6.45, 7) is 0. The molecule has 0 fully saturated rings. The van der Waals surface area contributed by atoms with E-state index in [0.29, 0.717) is 0 Å². The van der Waals surface area contributed by atoms with Crippen molar-refractivity contribution in [3.05, 3.63) is 30.2 Å². The Bertz CT molecular complexity index is 432. The Morgan fingerprint density at radius 1 is 1.23 bits per heavy atom. The number of fused-ring (bicyclic) bond motifs is 1. The normalized spacial score (nSPS) is 12.2. The van der Waals surface area contributed by atoms with Crippen molar-refractivity contribution in [2.24, 2.45) is 0 Å². The predicted octanol–water partition coefficient (Wildman–Crippen LogP) is 1.75. The second kappa shape index (κ2) is 2.45. The second-order valence-corrected chi connectivity index (χ2v) is 2.44. The van der Waals surface area contributed by atoms with Gasteiger partial charge in [-0.3, -0.25) is 0 Å². The van der Waals surface area contributed by atoms with E-state index in [2.05, 4.69) is 10.1 Å². The van der Waals surface area contributed by atoms with Crippen molar-refractivity contribution in [3.8, 4) is 0 Å². The average molecular weight is 187 g/mol. The zero-order chi connectivity index (χ0) is 9.47. The summed E-state index contributed by atoms with van der Waals surface area (Å²) in [5, 5.41) is 3.73. The summed E-state index contributed by atoms with van der Waals surface area (Å²) >= 11 is 0. The van der Waals surface area contributed by atoms with Crippen LogP contribution in [0.5, 0.6) is 0 Å². The molecule has 0 radical (unpaired) electrons. The van der Waals surface area contributed by atoms with E-state index in [9.17, 15) is 13.2 Å². The molecular weight excluding hydrogens is 183 g/mol. The van der Waals surface area contributed by atoms with Gasteiger partial charge in [-0.1, -0.05) is 0 Å². The Balaban J connectivity index is 2.61. The van der Waals surface area contributed by atoms with E-state index < -0.39 is 11.9 Å². The molecule has 0 aliphatic rings. The summed E-state index contributed by atoms with van der Waals surface area (Å²) in [5.74, 6) is 0. The van der Waals surface area contributed by atoms with Crippen LogP contribution in [0.25, 0.3) is 5.65 Å². The van der Waals surface area contributed by atoms with Gasteiger partial charge in [-0.15, -0.1) is 0 Å². The molecule has 0 atom stereocenters.